The number of fused-ring (bicyclic) bond motifs is 7. The summed E-state index contributed by atoms with van der Waals surface area (Å²) in [6, 6.07) is 0. The highest BCUT2D eigenvalue weighted by Crippen LogP contribution is 2.69. The first-order valence-corrected chi connectivity index (χ1v) is 14.4. The van der Waals surface area contributed by atoms with Crippen molar-refractivity contribution in [1.29, 1.82) is 0 Å². The Morgan fingerprint density at radius 3 is 2.64 bits per heavy atom. The average molecular weight is 499 g/mol. The Morgan fingerprint density at radius 1 is 1.14 bits per heavy atom. The molecule has 0 amide bonds. The van der Waals surface area contributed by atoms with E-state index in [2.05, 4.69) is 33.8 Å². The number of ether oxygens (including phenoxy) is 3. The highest BCUT2D eigenvalue weighted by atomic mass is 16.5. The third kappa shape index (κ3) is 4.32. The molecule has 3 fully saturated rings. The van der Waals surface area contributed by atoms with Crippen molar-refractivity contribution in [2.45, 2.75) is 112 Å². The first-order valence-electron chi connectivity index (χ1n) is 14.4. The summed E-state index contributed by atoms with van der Waals surface area (Å²) < 4.78 is 17.5. The Labute approximate surface area is 217 Å². The fourth-order valence-corrected chi connectivity index (χ4v) is 9.27. The molecule has 0 spiro atoms. The van der Waals surface area contributed by atoms with E-state index in [9.17, 15) is 9.59 Å². The van der Waals surface area contributed by atoms with Gasteiger partial charge in [-0.25, -0.2) is 0 Å². The Hall–Kier alpha value is -1.78. The Balaban J connectivity index is 1.29. The van der Waals surface area contributed by atoms with Gasteiger partial charge in [0.25, 0.3) is 0 Å². The Bertz CT molecular complexity index is 964. The molecule has 0 saturated heterocycles. The van der Waals surface area contributed by atoms with Gasteiger partial charge < -0.3 is 14.2 Å². The molecule has 0 aromatic rings. The largest absolute Gasteiger partial charge is 0.494 e. The molecule has 5 rings (SSSR count). The van der Waals surface area contributed by atoms with Crippen molar-refractivity contribution >= 4 is 11.9 Å². The molecule has 0 unspecified atom stereocenters. The van der Waals surface area contributed by atoms with Crippen molar-refractivity contribution < 1.29 is 23.8 Å². The molecule has 0 N–H and O–H groups in total. The number of carbonyl (C=O) groups is 2. The zero-order chi connectivity index (χ0) is 25.8. The summed E-state index contributed by atoms with van der Waals surface area (Å²) in [5, 5.41) is 0. The quantitative estimate of drug-likeness (QED) is 0.299. The topological polar surface area (TPSA) is 61.8 Å². The lowest BCUT2D eigenvalue weighted by molar-refractivity contribution is -0.148. The van der Waals surface area contributed by atoms with Crippen molar-refractivity contribution in [3.63, 3.8) is 0 Å². The second-order valence-corrected chi connectivity index (χ2v) is 13.2. The summed E-state index contributed by atoms with van der Waals surface area (Å²) >= 11 is 0. The second-order valence-electron chi connectivity index (χ2n) is 13.2. The van der Waals surface area contributed by atoms with Gasteiger partial charge in [0.1, 0.15) is 12.2 Å². The Morgan fingerprint density at radius 2 is 1.92 bits per heavy atom. The summed E-state index contributed by atoms with van der Waals surface area (Å²) in [6.07, 6.45) is 12.9. The zero-order valence-corrected chi connectivity index (χ0v) is 23.2. The molecule has 0 radical (unpaired) electrons. The van der Waals surface area contributed by atoms with Gasteiger partial charge in [-0.1, -0.05) is 32.4 Å². The fourth-order valence-electron chi connectivity index (χ4n) is 9.27. The van der Waals surface area contributed by atoms with Crippen LogP contribution in [0.25, 0.3) is 0 Å². The second kappa shape index (κ2) is 9.51. The SMILES string of the molecule is CC(=O)OC[C@H](C)CCC1=C(C)[C@H]2[C@@H](C[C@H]3[C@H]4CC=C5C[C@@H](OC(C)=O)CC[C@]5(C)[C@@H]4CC[C@@]32C)O1. The lowest BCUT2D eigenvalue weighted by Crippen LogP contribution is -2.50. The van der Waals surface area contributed by atoms with Crippen LogP contribution in [-0.2, 0) is 23.8 Å². The molecule has 3 saturated carbocycles. The third-order valence-electron chi connectivity index (χ3n) is 11.0. The molecule has 1 heterocycles. The number of hydrogen-bond donors (Lipinski definition) is 0. The molecule has 5 nitrogen and oxygen atoms in total. The van der Waals surface area contributed by atoms with Crippen LogP contribution in [0, 0.1) is 40.4 Å². The monoisotopic (exact) mass is 498 g/mol. The van der Waals surface area contributed by atoms with Gasteiger partial charge in [0.2, 0.25) is 0 Å². The minimum Gasteiger partial charge on any atom is -0.494 e. The van der Waals surface area contributed by atoms with Crippen LogP contribution in [0.2, 0.25) is 0 Å². The van der Waals surface area contributed by atoms with Crippen LogP contribution in [0.4, 0.5) is 0 Å². The maximum absolute atomic E-state index is 11.5. The summed E-state index contributed by atoms with van der Waals surface area (Å²) in [6.45, 7) is 13.1. The van der Waals surface area contributed by atoms with E-state index in [1.165, 1.54) is 50.9 Å². The number of esters is 2. The molecular weight excluding hydrogens is 452 g/mol. The van der Waals surface area contributed by atoms with Gasteiger partial charge in [-0.15, -0.1) is 0 Å². The highest BCUT2D eigenvalue weighted by molar-refractivity contribution is 5.66. The molecule has 0 bridgehead atoms. The predicted octanol–water partition coefficient (Wildman–Crippen LogP) is 6.76. The predicted molar refractivity (Wildman–Crippen MR) is 139 cm³/mol. The van der Waals surface area contributed by atoms with Gasteiger partial charge in [0, 0.05) is 32.6 Å². The van der Waals surface area contributed by atoms with Gasteiger partial charge >= 0.3 is 11.9 Å². The smallest absolute Gasteiger partial charge is 0.302 e. The van der Waals surface area contributed by atoms with Crippen LogP contribution in [0.15, 0.2) is 23.0 Å². The average Bonchev–Trinajstić information content (AvgIpc) is 3.29. The fraction of sp³-hybridized carbons (Fsp3) is 0.806. The van der Waals surface area contributed by atoms with Crippen molar-refractivity contribution in [3.05, 3.63) is 23.0 Å². The van der Waals surface area contributed by atoms with Gasteiger partial charge in [-0.3, -0.25) is 9.59 Å². The molecule has 200 valence electrons. The zero-order valence-electron chi connectivity index (χ0n) is 23.2. The standard InChI is InChI=1S/C31H46O5/c1-18(17-34-20(3)32)7-10-27-19(2)29-28(36-27)16-26-24-9-8-22-15-23(35-21(4)33)11-13-30(22,5)25(24)12-14-31(26,29)6/h8,18,23-26,28-29H,7,9-17H2,1-6H3/t18-,23+,24+,25-,26+,28-,29+,30+,31+/m1/s1. The molecule has 0 aromatic carbocycles. The third-order valence-corrected chi connectivity index (χ3v) is 11.0. The maximum Gasteiger partial charge on any atom is 0.302 e. The molecule has 0 aromatic heterocycles. The van der Waals surface area contributed by atoms with E-state index < -0.39 is 0 Å². The number of rotatable bonds is 6. The Kier molecular flexibility index (Phi) is 6.83. The van der Waals surface area contributed by atoms with E-state index in [0.717, 1.165) is 43.9 Å². The van der Waals surface area contributed by atoms with Gasteiger partial charge in [0.05, 0.1) is 12.4 Å². The minimum atomic E-state index is -0.200. The molecule has 9 atom stereocenters. The van der Waals surface area contributed by atoms with Crippen molar-refractivity contribution in [3.8, 4) is 0 Å². The number of hydrogen-bond acceptors (Lipinski definition) is 5. The van der Waals surface area contributed by atoms with Crippen LogP contribution >= 0.6 is 0 Å². The lowest BCUT2D eigenvalue weighted by atomic mass is 9.47. The summed E-state index contributed by atoms with van der Waals surface area (Å²) in [7, 11) is 0. The van der Waals surface area contributed by atoms with Crippen LogP contribution in [0.1, 0.15) is 99.3 Å². The molecule has 36 heavy (non-hydrogen) atoms. The van der Waals surface area contributed by atoms with E-state index in [1.54, 1.807) is 5.57 Å². The van der Waals surface area contributed by atoms with Crippen LogP contribution in [0.5, 0.6) is 0 Å². The maximum atomic E-state index is 11.5. The van der Waals surface area contributed by atoms with Crippen LogP contribution in [-0.4, -0.2) is 30.8 Å². The lowest BCUT2D eigenvalue weighted by Gasteiger charge is -2.58. The van der Waals surface area contributed by atoms with Crippen molar-refractivity contribution in [2.75, 3.05) is 6.61 Å². The molecule has 5 heteroatoms. The summed E-state index contributed by atoms with van der Waals surface area (Å²) in [5.74, 6) is 3.93. The van der Waals surface area contributed by atoms with E-state index >= 15 is 0 Å². The van der Waals surface area contributed by atoms with Crippen LogP contribution < -0.4 is 0 Å². The van der Waals surface area contributed by atoms with E-state index in [1.807, 2.05) is 0 Å². The number of carbonyl (C=O) groups excluding carboxylic acids is 2. The summed E-state index contributed by atoms with van der Waals surface area (Å²) in [4.78, 5) is 22.7. The molecule has 4 aliphatic carbocycles. The molecule has 1 aliphatic heterocycles. The van der Waals surface area contributed by atoms with Gasteiger partial charge in [-0.05, 0) is 91.9 Å². The molecular formula is C31H46O5. The number of allylic oxidation sites excluding steroid dienone is 2. The van der Waals surface area contributed by atoms with Gasteiger partial charge in [0.15, 0.2) is 0 Å². The van der Waals surface area contributed by atoms with Gasteiger partial charge in [-0.2, -0.15) is 0 Å². The summed E-state index contributed by atoms with van der Waals surface area (Å²) in [5.41, 5.74) is 3.62. The minimum absolute atomic E-state index is 0.0643. The highest BCUT2D eigenvalue weighted by Gasteiger charge is 2.63. The normalized spacial score (nSPS) is 41.8. The molecule has 5 aliphatic rings. The van der Waals surface area contributed by atoms with Crippen molar-refractivity contribution in [1.82, 2.24) is 0 Å². The first kappa shape index (κ1) is 25.9. The van der Waals surface area contributed by atoms with Crippen LogP contribution in [0.3, 0.4) is 0 Å². The van der Waals surface area contributed by atoms with E-state index in [0.29, 0.717) is 35.9 Å². The van der Waals surface area contributed by atoms with E-state index in [4.69, 9.17) is 14.2 Å². The van der Waals surface area contributed by atoms with E-state index in [-0.39, 0.29) is 23.5 Å². The first-order chi connectivity index (χ1) is 17.0. The van der Waals surface area contributed by atoms with Crippen molar-refractivity contribution in [2.24, 2.45) is 40.4 Å².